The van der Waals surface area contributed by atoms with Gasteiger partial charge in [-0.25, -0.2) is 19.2 Å². The largest absolute Gasteiger partial charge is 0.513 e. The molecule has 0 spiro atoms. The Hall–Kier alpha value is -5.91. The van der Waals surface area contributed by atoms with E-state index < -0.39 is 30.0 Å². The van der Waals surface area contributed by atoms with E-state index in [0.29, 0.717) is 55.1 Å². The van der Waals surface area contributed by atoms with E-state index in [1.807, 2.05) is 25.1 Å². The summed E-state index contributed by atoms with van der Waals surface area (Å²) < 4.78 is 37.6. The number of ether oxygens (including phenoxy) is 7. The summed E-state index contributed by atoms with van der Waals surface area (Å²) >= 11 is 0. The van der Waals surface area contributed by atoms with Gasteiger partial charge in [-0.1, -0.05) is 38.6 Å². The minimum Gasteiger partial charge on any atom is -0.494 e. The smallest absolute Gasteiger partial charge is 0.494 e. The van der Waals surface area contributed by atoms with Crippen LogP contribution >= 0.6 is 0 Å². The van der Waals surface area contributed by atoms with Gasteiger partial charge in [-0.3, -0.25) is 4.79 Å². The third-order valence-corrected chi connectivity index (χ3v) is 9.48. The average molecular weight is 769 g/mol. The van der Waals surface area contributed by atoms with Crippen molar-refractivity contribution in [2.75, 3.05) is 26.4 Å². The number of rotatable bonds is 19. The molecule has 12 heteroatoms. The SMILES string of the molecule is C=CC(=O)OCCCCOC(=O)Oc1ccc2c(c1)C(C)c1cc(OC(=O)c3ccc(OCCCCOC(=O)C(=C)CC(=O)OC4CCCCC4)cc3)ccc1-2. The highest BCUT2D eigenvalue weighted by atomic mass is 16.7. The van der Waals surface area contributed by atoms with Crippen LogP contribution in [-0.2, 0) is 33.3 Å². The number of hydrogen-bond donors (Lipinski definition) is 0. The molecular weight excluding hydrogens is 720 g/mol. The van der Waals surface area contributed by atoms with Crippen LogP contribution in [-0.4, -0.2) is 62.6 Å². The maximum atomic E-state index is 13.0. The summed E-state index contributed by atoms with van der Waals surface area (Å²) in [4.78, 5) is 60.7. The zero-order chi connectivity index (χ0) is 39.9. The molecule has 2 aliphatic rings. The van der Waals surface area contributed by atoms with Crippen LogP contribution in [0.25, 0.3) is 11.1 Å². The van der Waals surface area contributed by atoms with Gasteiger partial charge < -0.3 is 33.2 Å². The van der Waals surface area contributed by atoms with Gasteiger partial charge in [-0.15, -0.1) is 0 Å². The predicted molar refractivity (Wildman–Crippen MR) is 206 cm³/mol. The number of unbranched alkanes of at least 4 members (excludes halogenated alkanes) is 2. The molecule has 0 saturated heterocycles. The molecule has 1 saturated carbocycles. The van der Waals surface area contributed by atoms with Gasteiger partial charge >= 0.3 is 30.0 Å². The Morgan fingerprint density at radius 1 is 0.696 bits per heavy atom. The second-order valence-electron chi connectivity index (χ2n) is 13.6. The zero-order valence-corrected chi connectivity index (χ0v) is 31.7. The predicted octanol–water partition coefficient (Wildman–Crippen LogP) is 8.59. The monoisotopic (exact) mass is 768 g/mol. The van der Waals surface area contributed by atoms with Gasteiger partial charge in [0, 0.05) is 17.6 Å². The summed E-state index contributed by atoms with van der Waals surface area (Å²) in [6.07, 6.45) is 7.22. The molecule has 1 unspecified atom stereocenters. The quantitative estimate of drug-likeness (QED) is 0.0287. The zero-order valence-electron chi connectivity index (χ0n) is 31.7. The van der Waals surface area contributed by atoms with Gasteiger partial charge in [-0.2, -0.15) is 0 Å². The highest BCUT2D eigenvalue weighted by molar-refractivity contribution is 5.93. The van der Waals surface area contributed by atoms with Crippen molar-refractivity contribution in [1.29, 1.82) is 0 Å². The second kappa shape index (κ2) is 20.7. The van der Waals surface area contributed by atoms with E-state index >= 15 is 0 Å². The second-order valence-corrected chi connectivity index (χ2v) is 13.6. The van der Waals surface area contributed by atoms with Crippen LogP contribution in [0.4, 0.5) is 4.79 Å². The third-order valence-electron chi connectivity index (χ3n) is 9.48. The van der Waals surface area contributed by atoms with Gasteiger partial charge in [0.05, 0.1) is 38.4 Å². The molecule has 0 aromatic heterocycles. The van der Waals surface area contributed by atoms with Gasteiger partial charge in [0.25, 0.3) is 0 Å². The molecule has 3 aromatic carbocycles. The Bertz CT molecular complexity index is 1890. The van der Waals surface area contributed by atoms with Crippen LogP contribution in [0.2, 0.25) is 0 Å². The lowest BCUT2D eigenvalue weighted by Crippen LogP contribution is -2.22. The van der Waals surface area contributed by atoms with Crippen molar-refractivity contribution in [1.82, 2.24) is 0 Å². The first-order valence-corrected chi connectivity index (χ1v) is 19.0. The first-order valence-electron chi connectivity index (χ1n) is 19.0. The molecule has 12 nitrogen and oxygen atoms in total. The van der Waals surface area contributed by atoms with E-state index in [-0.39, 0.29) is 43.8 Å². The first-order chi connectivity index (χ1) is 27.1. The van der Waals surface area contributed by atoms with Crippen molar-refractivity contribution in [3.63, 3.8) is 0 Å². The number of fused-ring (bicyclic) bond motifs is 3. The highest BCUT2D eigenvalue weighted by Gasteiger charge is 2.27. The molecule has 56 heavy (non-hydrogen) atoms. The Labute approximate surface area is 326 Å². The van der Waals surface area contributed by atoms with Crippen molar-refractivity contribution in [2.24, 2.45) is 0 Å². The van der Waals surface area contributed by atoms with E-state index in [2.05, 4.69) is 13.2 Å². The van der Waals surface area contributed by atoms with Crippen molar-refractivity contribution in [3.8, 4) is 28.4 Å². The molecule has 1 atom stereocenters. The molecule has 0 bridgehead atoms. The fourth-order valence-electron chi connectivity index (χ4n) is 6.47. The summed E-state index contributed by atoms with van der Waals surface area (Å²) in [6, 6.07) is 17.5. The number of benzene rings is 3. The Kier molecular flexibility index (Phi) is 15.2. The number of hydrogen-bond acceptors (Lipinski definition) is 12. The first kappa shape index (κ1) is 41.3. The van der Waals surface area contributed by atoms with Crippen LogP contribution in [0.15, 0.2) is 85.5 Å². The minimum absolute atomic E-state index is 0.0547. The molecule has 0 amide bonds. The standard InChI is InChI=1S/C44H48O12/c1-4-40(45)51-23-9-11-25-53-44(49)56-35-19-21-37-36-20-18-34(27-38(36)30(3)39(37)28-35)55-43(48)31-14-16-32(17-15-31)50-22-8-10-24-52-42(47)29(2)26-41(46)54-33-12-6-5-7-13-33/h4,14-21,27-28,30,33H,1-2,5-13,22-26H2,3H3. The molecule has 0 radical (unpaired) electrons. The maximum Gasteiger partial charge on any atom is 0.513 e. The van der Waals surface area contributed by atoms with E-state index in [9.17, 15) is 24.0 Å². The molecular formula is C44H48O12. The van der Waals surface area contributed by atoms with Crippen LogP contribution in [0.3, 0.4) is 0 Å². The van der Waals surface area contributed by atoms with Crippen LogP contribution in [0.5, 0.6) is 17.2 Å². The number of carbonyl (C=O) groups is 5. The van der Waals surface area contributed by atoms with Crippen molar-refractivity contribution < 1.29 is 57.1 Å². The maximum absolute atomic E-state index is 13.0. The van der Waals surface area contributed by atoms with E-state index in [1.165, 1.54) is 0 Å². The summed E-state index contributed by atoms with van der Waals surface area (Å²) in [5.41, 5.74) is 4.36. The minimum atomic E-state index is -0.824. The Morgan fingerprint density at radius 3 is 1.91 bits per heavy atom. The fraction of sp³-hybridized carbons (Fsp3) is 0.386. The molecule has 0 N–H and O–H groups in total. The lowest BCUT2D eigenvalue weighted by molar-refractivity contribution is -0.151. The van der Waals surface area contributed by atoms with Crippen LogP contribution in [0.1, 0.15) is 98.5 Å². The summed E-state index contributed by atoms with van der Waals surface area (Å²) in [5.74, 6) is -0.794. The van der Waals surface area contributed by atoms with Crippen molar-refractivity contribution in [2.45, 2.75) is 83.2 Å². The fourth-order valence-corrected chi connectivity index (χ4v) is 6.47. The lowest BCUT2D eigenvalue weighted by atomic mass is 9.98. The molecule has 1 fully saturated rings. The third kappa shape index (κ3) is 12.0. The van der Waals surface area contributed by atoms with E-state index in [1.54, 1.807) is 42.5 Å². The van der Waals surface area contributed by atoms with Crippen molar-refractivity contribution >= 4 is 30.0 Å². The number of esters is 4. The summed E-state index contributed by atoms with van der Waals surface area (Å²) in [5, 5.41) is 0. The summed E-state index contributed by atoms with van der Waals surface area (Å²) in [6.45, 7) is 9.92. The van der Waals surface area contributed by atoms with E-state index in [4.69, 9.17) is 33.2 Å². The molecule has 2 aliphatic carbocycles. The van der Waals surface area contributed by atoms with Crippen molar-refractivity contribution in [3.05, 3.63) is 102 Å². The highest BCUT2D eigenvalue weighted by Crippen LogP contribution is 2.47. The van der Waals surface area contributed by atoms with Gasteiger partial charge in [0.2, 0.25) is 0 Å². The normalized spacial score (nSPS) is 14.3. The van der Waals surface area contributed by atoms with E-state index in [0.717, 1.165) is 60.4 Å². The van der Waals surface area contributed by atoms with Gasteiger partial charge in [0.15, 0.2) is 0 Å². The molecule has 0 aliphatic heterocycles. The van der Waals surface area contributed by atoms with Gasteiger partial charge in [-0.05, 0) is 122 Å². The molecule has 5 rings (SSSR count). The van der Waals surface area contributed by atoms with Crippen LogP contribution in [0, 0.1) is 0 Å². The topological polar surface area (TPSA) is 150 Å². The molecule has 3 aromatic rings. The molecule has 0 heterocycles. The van der Waals surface area contributed by atoms with Gasteiger partial charge in [0.1, 0.15) is 23.4 Å². The summed E-state index contributed by atoms with van der Waals surface area (Å²) in [7, 11) is 0. The average Bonchev–Trinajstić information content (AvgIpc) is 3.47. The Balaban J connectivity index is 0.997. The molecule has 296 valence electrons. The van der Waals surface area contributed by atoms with Crippen LogP contribution < -0.4 is 14.2 Å². The lowest BCUT2D eigenvalue weighted by Gasteiger charge is -2.21. The Morgan fingerprint density at radius 2 is 1.27 bits per heavy atom. The number of carbonyl (C=O) groups excluding carboxylic acids is 5.